The maximum atomic E-state index is 12.3. The highest BCUT2D eigenvalue weighted by atomic mass is 31.2. The summed E-state index contributed by atoms with van der Waals surface area (Å²) in [6, 6.07) is 0. The first-order valence-corrected chi connectivity index (χ1v) is 20.1. The molecule has 45 heavy (non-hydrogen) atoms. The Kier molecular flexibility index (Phi) is 29.7. The Morgan fingerprint density at radius 2 is 0.978 bits per heavy atom. The van der Waals surface area contributed by atoms with Gasteiger partial charge in [0.25, 0.3) is 0 Å². The van der Waals surface area contributed by atoms with Crippen LogP contribution in [0.1, 0.15) is 188 Å². The first-order chi connectivity index (χ1) is 21.5. The van der Waals surface area contributed by atoms with Crippen LogP contribution in [0.2, 0.25) is 0 Å². The van der Waals surface area contributed by atoms with E-state index >= 15 is 0 Å². The molecule has 0 aromatic carbocycles. The fraction of sp³-hybridized carbons (Fsp3) is 0.944. The van der Waals surface area contributed by atoms with Gasteiger partial charge < -0.3 is 19.3 Å². The largest absolute Gasteiger partial charge is 0.469 e. The molecule has 0 bridgehead atoms. The number of carbonyl (C=O) groups is 2. The monoisotopic (exact) mass is 662 g/mol. The van der Waals surface area contributed by atoms with Crippen molar-refractivity contribution in [3.05, 3.63) is 0 Å². The van der Waals surface area contributed by atoms with Gasteiger partial charge in [0, 0.05) is 12.8 Å². The van der Waals surface area contributed by atoms with Gasteiger partial charge >= 0.3 is 19.8 Å². The first kappa shape index (κ1) is 44.0. The van der Waals surface area contributed by atoms with Gasteiger partial charge in [-0.2, -0.15) is 0 Å². The summed E-state index contributed by atoms with van der Waals surface area (Å²) < 4.78 is 26.2. The van der Waals surface area contributed by atoms with Gasteiger partial charge in [-0.1, -0.05) is 163 Å². The molecule has 0 fully saturated rings. The Labute approximate surface area is 276 Å². The average molecular weight is 663 g/mol. The number of hydrogen-bond acceptors (Lipinski definition) is 6. The number of rotatable bonds is 33. The molecule has 0 aliphatic rings. The second-order valence-electron chi connectivity index (χ2n) is 13.6. The Morgan fingerprint density at radius 1 is 0.578 bits per heavy atom. The van der Waals surface area contributed by atoms with Crippen molar-refractivity contribution in [2.45, 2.75) is 194 Å². The van der Waals surface area contributed by atoms with Crippen LogP contribution < -0.4 is 0 Å². The molecule has 268 valence electrons. The van der Waals surface area contributed by atoms with E-state index in [-0.39, 0.29) is 19.4 Å². The number of hydrogen-bond donors (Lipinski definition) is 2. The van der Waals surface area contributed by atoms with E-state index in [9.17, 15) is 14.2 Å². The summed E-state index contributed by atoms with van der Waals surface area (Å²) in [5.74, 6) is 0.734. The molecule has 0 spiro atoms. The highest BCUT2D eigenvalue weighted by Gasteiger charge is 2.22. The lowest BCUT2D eigenvalue weighted by Gasteiger charge is -2.18. The van der Waals surface area contributed by atoms with Crippen molar-refractivity contribution in [1.82, 2.24) is 0 Å². The minimum absolute atomic E-state index is 0.213. The summed E-state index contributed by atoms with van der Waals surface area (Å²) >= 11 is 0. The topological polar surface area (TPSA) is 119 Å². The van der Waals surface area contributed by atoms with Crippen LogP contribution in [0, 0.1) is 11.8 Å². The summed E-state index contributed by atoms with van der Waals surface area (Å²) in [6.45, 7) is 8.29. The Bertz CT molecular complexity index is 739. The highest BCUT2D eigenvalue weighted by Crippen LogP contribution is 2.36. The molecule has 8 nitrogen and oxygen atoms in total. The molecule has 0 amide bonds. The Morgan fingerprint density at radius 3 is 1.40 bits per heavy atom. The SMILES string of the molecule is CCC(C)CCCCCCCCCCCCCCCCC(=O)OC[C@H](COP(=O)(O)O)OC(=O)CCCCCCCCC(C)C. The minimum Gasteiger partial charge on any atom is -0.462 e. The van der Waals surface area contributed by atoms with Crippen LogP contribution in [-0.4, -0.2) is 41.0 Å². The van der Waals surface area contributed by atoms with Crippen molar-refractivity contribution in [2.75, 3.05) is 13.2 Å². The number of esters is 2. The van der Waals surface area contributed by atoms with Crippen molar-refractivity contribution < 1.29 is 37.9 Å². The number of phosphoric acid groups is 1. The molecule has 9 heteroatoms. The molecule has 0 saturated heterocycles. The lowest BCUT2D eigenvalue weighted by Crippen LogP contribution is -2.29. The Balaban J connectivity index is 3.87. The van der Waals surface area contributed by atoms with Crippen molar-refractivity contribution in [3.8, 4) is 0 Å². The molecular weight excluding hydrogens is 591 g/mol. The van der Waals surface area contributed by atoms with Crippen molar-refractivity contribution in [1.29, 1.82) is 0 Å². The van der Waals surface area contributed by atoms with Crippen LogP contribution >= 0.6 is 7.82 Å². The maximum Gasteiger partial charge on any atom is 0.469 e. The van der Waals surface area contributed by atoms with Crippen LogP contribution in [-0.2, 0) is 28.2 Å². The first-order valence-electron chi connectivity index (χ1n) is 18.6. The third-order valence-electron chi connectivity index (χ3n) is 8.59. The van der Waals surface area contributed by atoms with Crippen LogP contribution in [0.5, 0.6) is 0 Å². The quantitative estimate of drug-likeness (QED) is 0.0405. The van der Waals surface area contributed by atoms with Gasteiger partial charge in [0.05, 0.1) is 6.61 Å². The molecule has 0 heterocycles. The predicted octanol–water partition coefficient (Wildman–Crippen LogP) is 10.6. The van der Waals surface area contributed by atoms with Crippen molar-refractivity contribution in [2.24, 2.45) is 11.8 Å². The van der Waals surface area contributed by atoms with E-state index in [1.54, 1.807) is 0 Å². The lowest BCUT2D eigenvalue weighted by molar-refractivity contribution is -0.161. The van der Waals surface area contributed by atoms with Gasteiger partial charge in [-0.05, 0) is 24.7 Å². The van der Waals surface area contributed by atoms with E-state index in [2.05, 4.69) is 32.2 Å². The zero-order valence-electron chi connectivity index (χ0n) is 29.6. The predicted molar refractivity (Wildman–Crippen MR) is 184 cm³/mol. The zero-order chi connectivity index (χ0) is 33.6. The molecular formula is C36H71O8P. The molecule has 2 N–H and O–H groups in total. The standard InChI is InChI=1S/C36H71O8P/c1-5-33(4)27-23-19-14-12-10-8-6-7-9-11-13-15-20-24-28-35(37)42-30-34(31-43-45(39,40)41)44-36(38)29-25-21-17-16-18-22-26-32(2)3/h32-34H,5-31H2,1-4H3,(H2,39,40,41)/t33?,34-/m1/s1. The fourth-order valence-electron chi connectivity index (χ4n) is 5.42. The molecule has 2 atom stereocenters. The molecule has 1 unspecified atom stereocenters. The third kappa shape index (κ3) is 34.2. The zero-order valence-corrected chi connectivity index (χ0v) is 30.5. The van der Waals surface area contributed by atoms with Crippen LogP contribution in [0.15, 0.2) is 0 Å². The molecule has 0 rings (SSSR count). The second kappa shape index (κ2) is 30.4. The maximum absolute atomic E-state index is 12.3. The summed E-state index contributed by atoms with van der Waals surface area (Å²) in [4.78, 5) is 42.5. The highest BCUT2D eigenvalue weighted by molar-refractivity contribution is 7.46. The van der Waals surface area contributed by atoms with Crippen LogP contribution in [0.3, 0.4) is 0 Å². The second-order valence-corrected chi connectivity index (χ2v) is 14.9. The van der Waals surface area contributed by atoms with Gasteiger partial charge in [-0.25, -0.2) is 4.57 Å². The van der Waals surface area contributed by atoms with E-state index in [0.29, 0.717) is 6.42 Å². The molecule has 0 aliphatic carbocycles. The number of unbranched alkanes of at least 4 members (excludes halogenated alkanes) is 18. The number of phosphoric ester groups is 1. The summed E-state index contributed by atoms with van der Waals surface area (Å²) in [5, 5.41) is 0. The van der Waals surface area contributed by atoms with Crippen LogP contribution in [0.25, 0.3) is 0 Å². The number of carbonyl (C=O) groups excluding carboxylic acids is 2. The van der Waals surface area contributed by atoms with E-state index in [0.717, 1.165) is 50.4 Å². The average Bonchev–Trinajstić information content (AvgIpc) is 2.98. The van der Waals surface area contributed by atoms with Gasteiger partial charge in [0.15, 0.2) is 6.10 Å². The van der Waals surface area contributed by atoms with E-state index in [1.807, 2.05) is 0 Å². The lowest BCUT2D eigenvalue weighted by atomic mass is 9.99. The molecule has 0 aromatic rings. The van der Waals surface area contributed by atoms with E-state index in [1.165, 1.54) is 103 Å². The van der Waals surface area contributed by atoms with Crippen molar-refractivity contribution >= 4 is 19.8 Å². The minimum atomic E-state index is -4.74. The molecule has 0 radical (unpaired) electrons. The Hall–Kier alpha value is -0.950. The van der Waals surface area contributed by atoms with Crippen LogP contribution in [0.4, 0.5) is 0 Å². The van der Waals surface area contributed by atoms with Gasteiger partial charge in [0.2, 0.25) is 0 Å². The van der Waals surface area contributed by atoms with E-state index < -0.39 is 32.5 Å². The van der Waals surface area contributed by atoms with Crippen molar-refractivity contribution in [3.63, 3.8) is 0 Å². The summed E-state index contributed by atoms with van der Waals surface area (Å²) in [5.41, 5.74) is 0. The molecule has 0 saturated carbocycles. The van der Waals surface area contributed by atoms with Gasteiger partial charge in [-0.3, -0.25) is 14.1 Å². The third-order valence-corrected chi connectivity index (χ3v) is 9.08. The van der Waals surface area contributed by atoms with Gasteiger partial charge in [0.1, 0.15) is 6.61 Å². The summed E-state index contributed by atoms with van der Waals surface area (Å²) in [6.07, 6.45) is 27.1. The van der Waals surface area contributed by atoms with E-state index in [4.69, 9.17) is 19.3 Å². The van der Waals surface area contributed by atoms with Gasteiger partial charge in [-0.15, -0.1) is 0 Å². The molecule has 0 aliphatic heterocycles. The molecule has 0 aromatic heterocycles. The normalized spacial score (nSPS) is 13.2. The smallest absolute Gasteiger partial charge is 0.462 e. The summed E-state index contributed by atoms with van der Waals surface area (Å²) in [7, 11) is -4.74. The fourth-order valence-corrected chi connectivity index (χ4v) is 5.78. The number of ether oxygens (including phenoxy) is 2.